The summed E-state index contributed by atoms with van der Waals surface area (Å²) in [4.78, 5) is 31.7. The van der Waals surface area contributed by atoms with Crippen molar-refractivity contribution in [3.05, 3.63) is 76.6 Å². The number of rotatable bonds is 7. The number of carbonyl (C=O) groups excluding carboxylic acids is 1. The summed E-state index contributed by atoms with van der Waals surface area (Å²) in [5.74, 6) is 1.31. The Balaban J connectivity index is 1.23. The molecule has 0 bridgehead atoms. The van der Waals surface area contributed by atoms with Gasteiger partial charge in [-0.2, -0.15) is 9.97 Å². The highest BCUT2D eigenvalue weighted by atomic mass is 35.5. The van der Waals surface area contributed by atoms with Gasteiger partial charge in [-0.25, -0.2) is 9.78 Å². The van der Waals surface area contributed by atoms with Crippen molar-refractivity contribution in [2.45, 2.75) is 58.2 Å². The molecule has 0 radical (unpaired) electrons. The predicted molar refractivity (Wildman–Crippen MR) is 164 cm³/mol. The van der Waals surface area contributed by atoms with Crippen LogP contribution in [0.2, 0.25) is 5.02 Å². The fourth-order valence-electron chi connectivity index (χ4n) is 5.76. The van der Waals surface area contributed by atoms with Gasteiger partial charge in [-0.1, -0.05) is 78.9 Å². The molecule has 2 aliphatic rings. The van der Waals surface area contributed by atoms with Crippen molar-refractivity contribution >= 4 is 40.6 Å². The van der Waals surface area contributed by atoms with Crippen LogP contribution in [0.1, 0.15) is 48.8 Å². The maximum atomic E-state index is 12.9. The highest BCUT2D eigenvalue weighted by molar-refractivity contribution is 6.31. The Kier molecular flexibility index (Phi) is 8.23. The number of aromatic nitrogens is 4. The average Bonchev–Trinajstić information content (AvgIpc) is 3.40. The highest BCUT2D eigenvalue weighted by Crippen LogP contribution is 2.26. The van der Waals surface area contributed by atoms with Gasteiger partial charge in [-0.05, 0) is 37.0 Å². The molecule has 214 valence electrons. The smallest absolute Gasteiger partial charge is 0.317 e. The fraction of sp³-hybridized carbons (Fsp3) is 0.419. The van der Waals surface area contributed by atoms with Crippen LogP contribution in [0.4, 0.5) is 16.6 Å². The van der Waals surface area contributed by atoms with Crippen LogP contribution in [-0.4, -0.2) is 62.7 Å². The molecular weight excluding hydrogens is 536 g/mol. The number of nitrogens with zero attached hydrogens (tertiary/aromatic N) is 6. The van der Waals surface area contributed by atoms with Crippen LogP contribution >= 0.6 is 11.6 Å². The summed E-state index contributed by atoms with van der Waals surface area (Å²) in [5.41, 5.74) is 4.89. The molecule has 2 aromatic carbocycles. The van der Waals surface area contributed by atoms with Gasteiger partial charge in [0.25, 0.3) is 0 Å². The Labute approximate surface area is 245 Å². The lowest BCUT2D eigenvalue weighted by Gasteiger charge is -2.36. The number of nitrogens with one attached hydrogen (secondary N) is 2. The summed E-state index contributed by atoms with van der Waals surface area (Å²) in [7, 11) is 0. The molecule has 1 aliphatic heterocycles. The predicted octanol–water partition coefficient (Wildman–Crippen LogP) is 5.61. The molecule has 0 spiro atoms. The quantitative estimate of drug-likeness (QED) is 0.299. The molecule has 6 rings (SSSR count). The summed E-state index contributed by atoms with van der Waals surface area (Å²) >= 11 is 6.43. The van der Waals surface area contributed by atoms with Crippen LogP contribution < -0.4 is 15.5 Å². The average molecular weight is 573 g/mol. The lowest BCUT2D eigenvalue weighted by Crippen LogP contribution is -2.54. The van der Waals surface area contributed by atoms with Crippen molar-refractivity contribution in [3.8, 4) is 0 Å². The largest absolute Gasteiger partial charge is 0.364 e. The molecule has 2 amide bonds. The number of anilines is 2. The number of urea groups is 1. The van der Waals surface area contributed by atoms with Gasteiger partial charge in [-0.3, -0.25) is 0 Å². The Morgan fingerprint density at radius 3 is 2.59 bits per heavy atom. The van der Waals surface area contributed by atoms with Crippen molar-refractivity contribution in [1.82, 2.24) is 29.7 Å². The van der Waals surface area contributed by atoms with Crippen LogP contribution in [0.15, 0.2) is 54.9 Å². The molecule has 0 unspecified atom stereocenters. The molecule has 3 heterocycles. The van der Waals surface area contributed by atoms with E-state index in [1.165, 1.54) is 30.4 Å². The number of imidazole rings is 1. The van der Waals surface area contributed by atoms with E-state index >= 15 is 0 Å². The molecule has 4 aromatic rings. The van der Waals surface area contributed by atoms with E-state index in [-0.39, 0.29) is 6.03 Å². The van der Waals surface area contributed by atoms with Gasteiger partial charge >= 0.3 is 6.03 Å². The van der Waals surface area contributed by atoms with Gasteiger partial charge in [0.05, 0.1) is 12.9 Å². The Morgan fingerprint density at radius 1 is 1.00 bits per heavy atom. The van der Waals surface area contributed by atoms with Crippen molar-refractivity contribution in [3.63, 3.8) is 0 Å². The van der Waals surface area contributed by atoms with E-state index in [0.29, 0.717) is 62.1 Å². The number of piperazine rings is 1. The lowest BCUT2D eigenvalue weighted by atomic mass is 9.96. The van der Waals surface area contributed by atoms with Gasteiger partial charge in [0.1, 0.15) is 0 Å². The van der Waals surface area contributed by atoms with Gasteiger partial charge < -0.3 is 25.0 Å². The third-order valence-electron chi connectivity index (χ3n) is 8.07. The minimum absolute atomic E-state index is 0.0475. The topological polar surface area (TPSA) is 91.2 Å². The van der Waals surface area contributed by atoms with Crippen molar-refractivity contribution in [1.29, 1.82) is 0 Å². The second kappa shape index (κ2) is 12.3. The number of fused-ring (bicyclic) bond motifs is 1. The minimum Gasteiger partial charge on any atom is -0.364 e. The summed E-state index contributed by atoms with van der Waals surface area (Å²) in [5, 5.41) is 7.43. The molecule has 41 heavy (non-hydrogen) atoms. The molecule has 10 heteroatoms. The number of aryl methyl sites for hydroxylation is 1. The molecule has 2 aromatic heterocycles. The number of hydrogen-bond acceptors (Lipinski definition) is 6. The van der Waals surface area contributed by atoms with E-state index in [1.54, 1.807) is 0 Å². The number of hydrogen-bond donors (Lipinski definition) is 2. The van der Waals surface area contributed by atoms with E-state index in [4.69, 9.17) is 26.6 Å². The Bertz CT molecular complexity index is 1510. The van der Waals surface area contributed by atoms with Crippen LogP contribution in [0.3, 0.4) is 0 Å². The van der Waals surface area contributed by atoms with E-state index in [1.807, 2.05) is 35.5 Å². The summed E-state index contributed by atoms with van der Waals surface area (Å²) in [6.07, 6.45) is 7.67. The molecule has 1 saturated heterocycles. The van der Waals surface area contributed by atoms with E-state index in [0.717, 1.165) is 29.6 Å². The van der Waals surface area contributed by atoms with Crippen LogP contribution in [0.5, 0.6) is 0 Å². The first-order chi connectivity index (χ1) is 20.0. The zero-order valence-electron chi connectivity index (χ0n) is 23.5. The second-order valence-corrected chi connectivity index (χ2v) is 11.5. The molecule has 9 nitrogen and oxygen atoms in total. The molecular formula is C31H37ClN8O. The molecule has 1 aliphatic carbocycles. The van der Waals surface area contributed by atoms with Crippen molar-refractivity contribution in [2.75, 3.05) is 36.4 Å². The van der Waals surface area contributed by atoms with E-state index in [9.17, 15) is 4.79 Å². The molecule has 0 atom stereocenters. The number of carbonyl (C=O) groups is 1. The minimum atomic E-state index is 0.0475. The van der Waals surface area contributed by atoms with E-state index < -0.39 is 0 Å². The molecule has 2 N–H and O–H groups in total. The van der Waals surface area contributed by atoms with Crippen LogP contribution in [-0.2, 0) is 13.1 Å². The maximum Gasteiger partial charge on any atom is 0.317 e. The fourth-order valence-corrected chi connectivity index (χ4v) is 5.97. The first-order valence-corrected chi connectivity index (χ1v) is 15.0. The summed E-state index contributed by atoms with van der Waals surface area (Å²) < 4.78 is 2.07. The maximum absolute atomic E-state index is 12.9. The monoisotopic (exact) mass is 572 g/mol. The van der Waals surface area contributed by atoms with Gasteiger partial charge in [-0.15, -0.1) is 0 Å². The van der Waals surface area contributed by atoms with Gasteiger partial charge in [0, 0.05) is 43.8 Å². The SMILES string of the molecule is Cc1cccc(Cn2cnc3c(NCc4ccccc4Cl)nc(N4CCN(C(=O)NC5CCCCC5)CC4)nc32)c1. The van der Waals surface area contributed by atoms with Crippen LogP contribution in [0.25, 0.3) is 11.2 Å². The third kappa shape index (κ3) is 6.40. The Hall–Kier alpha value is -3.85. The number of halogens is 1. The Morgan fingerprint density at radius 2 is 1.80 bits per heavy atom. The van der Waals surface area contributed by atoms with Crippen molar-refractivity contribution < 1.29 is 4.79 Å². The van der Waals surface area contributed by atoms with Crippen molar-refractivity contribution in [2.24, 2.45) is 0 Å². The van der Waals surface area contributed by atoms with Gasteiger partial charge in [0.2, 0.25) is 5.95 Å². The lowest BCUT2D eigenvalue weighted by molar-refractivity contribution is 0.186. The van der Waals surface area contributed by atoms with E-state index in [2.05, 4.69) is 51.3 Å². The summed E-state index contributed by atoms with van der Waals surface area (Å²) in [6, 6.07) is 16.6. The third-order valence-corrected chi connectivity index (χ3v) is 8.44. The molecule has 2 fully saturated rings. The number of benzene rings is 2. The zero-order chi connectivity index (χ0) is 28.2. The zero-order valence-corrected chi connectivity index (χ0v) is 24.3. The second-order valence-electron chi connectivity index (χ2n) is 11.1. The first-order valence-electron chi connectivity index (χ1n) is 14.6. The first kappa shape index (κ1) is 27.3. The molecule has 1 saturated carbocycles. The van der Waals surface area contributed by atoms with Crippen LogP contribution in [0, 0.1) is 6.92 Å². The standard InChI is InChI=1S/C31H37ClN8O/c1-22-8-7-9-23(18-22)20-40-21-34-27-28(33-19-24-10-5-6-13-26(24)32)36-30(37-29(27)40)38-14-16-39(17-15-38)31(41)35-25-11-3-2-4-12-25/h5-10,13,18,21,25H,2-4,11-12,14-17,19-20H2,1H3,(H,35,41)(H,33,36,37). The normalized spacial score (nSPS) is 16.2. The van der Waals surface area contributed by atoms with Gasteiger partial charge in [0.15, 0.2) is 17.0 Å². The summed E-state index contributed by atoms with van der Waals surface area (Å²) in [6.45, 7) is 5.87. The highest BCUT2D eigenvalue weighted by Gasteiger charge is 2.26. The number of amides is 2.